The number of amides is 1. The molecule has 0 bridgehead atoms. The number of hydrogen-bond donors (Lipinski definition) is 1. The Kier molecular flexibility index (Phi) is 7.60. The van der Waals surface area contributed by atoms with Gasteiger partial charge in [-0.1, -0.05) is 37.6 Å². The summed E-state index contributed by atoms with van der Waals surface area (Å²) in [7, 11) is 0. The molecule has 0 saturated heterocycles. The van der Waals surface area contributed by atoms with Gasteiger partial charge in [-0.25, -0.2) is 9.59 Å². The van der Waals surface area contributed by atoms with Crippen LogP contribution in [0, 0.1) is 12.8 Å². The molecule has 1 amide bonds. The first-order valence-electron chi connectivity index (χ1n) is 8.79. The van der Waals surface area contributed by atoms with Gasteiger partial charge in [-0.05, 0) is 37.5 Å². The standard InChI is InChI=1S/C20H22ClNO5S/c1-5-26-19(24)15-12(4)16(20(25)27-10-11(2)3)28-18(15)22-17(23)13-8-6-7-9-14(13)21/h6-9,11H,5,10H2,1-4H3,(H,22,23). The molecule has 6 nitrogen and oxygen atoms in total. The summed E-state index contributed by atoms with van der Waals surface area (Å²) in [5.41, 5.74) is 0.810. The zero-order chi connectivity index (χ0) is 20.8. The van der Waals surface area contributed by atoms with Crippen LogP contribution in [-0.4, -0.2) is 31.1 Å². The van der Waals surface area contributed by atoms with Crippen LogP contribution in [0.5, 0.6) is 0 Å². The lowest BCUT2D eigenvalue weighted by molar-refractivity contribution is 0.0464. The average molecular weight is 424 g/mol. The molecule has 2 aromatic rings. The van der Waals surface area contributed by atoms with E-state index in [0.29, 0.717) is 5.56 Å². The number of halogens is 1. The molecule has 1 aromatic heterocycles. The van der Waals surface area contributed by atoms with Crippen LogP contribution in [0.1, 0.15) is 56.7 Å². The highest BCUT2D eigenvalue weighted by Gasteiger charge is 2.28. The Hall–Kier alpha value is -2.38. The summed E-state index contributed by atoms with van der Waals surface area (Å²) < 4.78 is 10.4. The largest absolute Gasteiger partial charge is 0.462 e. The van der Waals surface area contributed by atoms with Gasteiger partial charge in [-0.2, -0.15) is 0 Å². The molecule has 150 valence electrons. The van der Waals surface area contributed by atoms with E-state index >= 15 is 0 Å². The Morgan fingerprint density at radius 2 is 1.82 bits per heavy atom. The normalized spacial score (nSPS) is 10.6. The molecule has 0 aliphatic carbocycles. The van der Waals surface area contributed by atoms with E-state index in [1.165, 1.54) is 0 Å². The zero-order valence-corrected chi connectivity index (χ0v) is 17.7. The number of rotatable bonds is 7. The van der Waals surface area contributed by atoms with Gasteiger partial charge in [0, 0.05) is 0 Å². The van der Waals surface area contributed by atoms with Gasteiger partial charge in [-0.15, -0.1) is 11.3 Å². The minimum atomic E-state index is -0.617. The lowest BCUT2D eigenvalue weighted by Crippen LogP contribution is -2.15. The van der Waals surface area contributed by atoms with Gasteiger partial charge in [0.05, 0.1) is 29.4 Å². The third kappa shape index (κ3) is 5.11. The fourth-order valence-corrected chi connectivity index (χ4v) is 3.67. The van der Waals surface area contributed by atoms with Crippen molar-refractivity contribution in [3.8, 4) is 0 Å². The Bertz CT molecular complexity index is 891. The number of esters is 2. The third-order valence-electron chi connectivity index (χ3n) is 3.71. The highest BCUT2D eigenvalue weighted by Crippen LogP contribution is 2.35. The Balaban J connectivity index is 2.39. The third-order valence-corrected chi connectivity index (χ3v) is 5.22. The van der Waals surface area contributed by atoms with E-state index in [-0.39, 0.29) is 45.2 Å². The van der Waals surface area contributed by atoms with E-state index in [4.69, 9.17) is 21.1 Å². The molecule has 0 radical (unpaired) electrons. The molecule has 1 aromatic carbocycles. The van der Waals surface area contributed by atoms with E-state index < -0.39 is 17.8 Å². The maximum atomic E-state index is 12.6. The van der Waals surface area contributed by atoms with Crippen LogP contribution in [0.25, 0.3) is 0 Å². The molecular formula is C20H22ClNO5S. The summed E-state index contributed by atoms with van der Waals surface area (Å²) in [5, 5.41) is 3.17. The van der Waals surface area contributed by atoms with Gasteiger partial charge >= 0.3 is 11.9 Å². The molecule has 0 atom stereocenters. The molecular weight excluding hydrogens is 402 g/mol. The number of ether oxygens (including phenoxy) is 2. The number of hydrogen-bond acceptors (Lipinski definition) is 6. The molecule has 2 rings (SSSR count). The van der Waals surface area contributed by atoms with Crippen molar-refractivity contribution in [3.05, 3.63) is 50.9 Å². The molecule has 0 aliphatic heterocycles. The van der Waals surface area contributed by atoms with Gasteiger partial charge in [0.15, 0.2) is 0 Å². The van der Waals surface area contributed by atoms with Gasteiger partial charge in [0.1, 0.15) is 9.88 Å². The predicted octanol–water partition coefficient (Wildman–Crippen LogP) is 4.95. The summed E-state index contributed by atoms with van der Waals surface area (Å²) in [6.45, 7) is 7.58. The minimum absolute atomic E-state index is 0.142. The van der Waals surface area contributed by atoms with Crippen molar-refractivity contribution in [3.63, 3.8) is 0 Å². The topological polar surface area (TPSA) is 81.7 Å². The molecule has 1 N–H and O–H groups in total. The number of thiophene rings is 1. The SMILES string of the molecule is CCOC(=O)c1c(NC(=O)c2ccccc2Cl)sc(C(=O)OCC(C)C)c1C. The fourth-order valence-electron chi connectivity index (χ4n) is 2.37. The highest BCUT2D eigenvalue weighted by atomic mass is 35.5. The molecule has 0 fully saturated rings. The predicted molar refractivity (Wildman–Crippen MR) is 110 cm³/mol. The summed E-state index contributed by atoms with van der Waals surface area (Å²) in [6.07, 6.45) is 0. The Morgan fingerprint density at radius 3 is 2.43 bits per heavy atom. The molecule has 8 heteroatoms. The second-order valence-corrected chi connectivity index (χ2v) is 7.83. The number of nitrogens with one attached hydrogen (secondary N) is 1. The quantitative estimate of drug-likeness (QED) is 0.637. The van der Waals surface area contributed by atoms with Crippen molar-refractivity contribution in [2.75, 3.05) is 18.5 Å². The zero-order valence-electron chi connectivity index (χ0n) is 16.1. The van der Waals surface area contributed by atoms with Crippen molar-refractivity contribution in [2.24, 2.45) is 5.92 Å². The molecule has 0 unspecified atom stereocenters. The highest BCUT2D eigenvalue weighted by molar-refractivity contribution is 7.18. The molecule has 0 aliphatic rings. The first kappa shape index (κ1) is 21.9. The Morgan fingerprint density at radius 1 is 1.14 bits per heavy atom. The second-order valence-electron chi connectivity index (χ2n) is 6.41. The Labute approximate surface area is 172 Å². The van der Waals surface area contributed by atoms with E-state index in [1.807, 2.05) is 13.8 Å². The fraction of sp³-hybridized carbons (Fsp3) is 0.350. The van der Waals surface area contributed by atoms with Crippen LogP contribution in [0.4, 0.5) is 5.00 Å². The maximum absolute atomic E-state index is 12.6. The van der Waals surface area contributed by atoms with Crippen molar-refractivity contribution in [1.29, 1.82) is 0 Å². The van der Waals surface area contributed by atoms with Gasteiger partial charge < -0.3 is 14.8 Å². The minimum Gasteiger partial charge on any atom is -0.462 e. The van der Waals surface area contributed by atoms with Crippen LogP contribution in [0.15, 0.2) is 24.3 Å². The summed E-state index contributed by atoms with van der Waals surface area (Å²) in [6, 6.07) is 6.56. The van der Waals surface area contributed by atoms with Crippen molar-refractivity contribution < 1.29 is 23.9 Å². The molecule has 0 spiro atoms. The molecule has 0 saturated carbocycles. The molecule has 1 heterocycles. The van der Waals surface area contributed by atoms with Crippen LogP contribution in [0.3, 0.4) is 0 Å². The average Bonchev–Trinajstić information content (AvgIpc) is 2.96. The van der Waals surface area contributed by atoms with Crippen LogP contribution in [-0.2, 0) is 9.47 Å². The number of benzene rings is 1. The summed E-state index contributed by atoms with van der Waals surface area (Å²) >= 11 is 7.05. The monoisotopic (exact) mass is 423 g/mol. The van der Waals surface area contributed by atoms with Crippen molar-refractivity contribution in [2.45, 2.75) is 27.7 Å². The lowest BCUT2D eigenvalue weighted by Gasteiger charge is -2.08. The van der Waals surface area contributed by atoms with Crippen molar-refractivity contribution >= 4 is 45.8 Å². The summed E-state index contributed by atoms with van der Waals surface area (Å²) in [4.78, 5) is 37.7. The van der Waals surface area contributed by atoms with Crippen LogP contribution < -0.4 is 5.32 Å². The maximum Gasteiger partial charge on any atom is 0.348 e. The van der Waals surface area contributed by atoms with E-state index in [2.05, 4.69) is 5.32 Å². The van der Waals surface area contributed by atoms with E-state index in [0.717, 1.165) is 11.3 Å². The van der Waals surface area contributed by atoms with Crippen LogP contribution >= 0.6 is 22.9 Å². The second kappa shape index (κ2) is 9.71. The smallest absolute Gasteiger partial charge is 0.348 e. The molecule has 28 heavy (non-hydrogen) atoms. The van der Waals surface area contributed by atoms with Crippen molar-refractivity contribution in [1.82, 2.24) is 0 Å². The van der Waals surface area contributed by atoms with E-state index in [1.54, 1.807) is 38.1 Å². The van der Waals surface area contributed by atoms with Gasteiger partial charge in [-0.3, -0.25) is 4.79 Å². The number of carbonyl (C=O) groups is 3. The first-order chi connectivity index (χ1) is 13.3. The first-order valence-corrected chi connectivity index (χ1v) is 9.99. The van der Waals surface area contributed by atoms with E-state index in [9.17, 15) is 14.4 Å². The lowest BCUT2D eigenvalue weighted by atomic mass is 10.1. The summed E-state index contributed by atoms with van der Waals surface area (Å²) in [5.74, 6) is -1.47. The number of carbonyl (C=O) groups excluding carboxylic acids is 3. The van der Waals surface area contributed by atoms with Gasteiger partial charge in [0.25, 0.3) is 5.91 Å². The van der Waals surface area contributed by atoms with Crippen LogP contribution in [0.2, 0.25) is 5.02 Å². The van der Waals surface area contributed by atoms with Gasteiger partial charge in [0.2, 0.25) is 0 Å². The number of anilines is 1.